The van der Waals surface area contributed by atoms with Gasteiger partial charge in [-0.1, -0.05) is 6.07 Å². The Kier molecular flexibility index (Phi) is 8.27. The number of nitrogens with one attached hydrogen (secondary N) is 2. The van der Waals surface area contributed by atoms with Crippen molar-refractivity contribution in [3.05, 3.63) is 23.8 Å². The number of benzene rings is 1. The third kappa shape index (κ3) is 5.90. The Morgan fingerprint density at radius 2 is 1.92 bits per heavy atom. The molecule has 2 N–H and O–H groups in total. The molecule has 3 rings (SSSR count). The normalized spacial score (nSPS) is 16.0. The summed E-state index contributed by atoms with van der Waals surface area (Å²) in [6.07, 6.45) is 3.61. The molecule has 0 bridgehead atoms. The summed E-state index contributed by atoms with van der Waals surface area (Å²) in [5.41, 5.74) is 1.23. The second kappa shape index (κ2) is 10.2. The molecule has 0 spiro atoms. The molecule has 0 unspecified atom stereocenters. The van der Waals surface area contributed by atoms with Crippen LogP contribution in [0.5, 0.6) is 11.5 Å². The molecule has 0 atom stereocenters. The van der Waals surface area contributed by atoms with Crippen LogP contribution in [0.15, 0.2) is 23.2 Å². The summed E-state index contributed by atoms with van der Waals surface area (Å²) >= 11 is 0. The van der Waals surface area contributed by atoms with Gasteiger partial charge in [-0.2, -0.15) is 0 Å². The Bertz CT molecular complexity index is 603. The summed E-state index contributed by atoms with van der Waals surface area (Å²) < 4.78 is 10.8. The van der Waals surface area contributed by atoms with Gasteiger partial charge in [-0.25, -0.2) is 0 Å². The van der Waals surface area contributed by atoms with Gasteiger partial charge in [0.25, 0.3) is 0 Å². The number of halogens is 1. The summed E-state index contributed by atoms with van der Waals surface area (Å²) in [6.45, 7) is 7.68. The predicted molar refractivity (Wildman–Crippen MR) is 116 cm³/mol. The summed E-state index contributed by atoms with van der Waals surface area (Å²) in [5.74, 6) is 2.54. The first kappa shape index (κ1) is 21.1. The molecule has 6 nitrogen and oxygen atoms in total. The van der Waals surface area contributed by atoms with Crippen LogP contribution in [0, 0.1) is 0 Å². The van der Waals surface area contributed by atoms with Gasteiger partial charge in [0.15, 0.2) is 17.5 Å². The van der Waals surface area contributed by atoms with Crippen molar-refractivity contribution in [1.29, 1.82) is 0 Å². The molecule has 0 radical (unpaired) electrons. The highest BCUT2D eigenvalue weighted by Gasteiger charge is 2.30. The molecule has 146 valence electrons. The summed E-state index contributed by atoms with van der Waals surface area (Å²) in [5, 5.41) is 6.80. The Labute approximate surface area is 173 Å². The van der Waals surface area contributed by atoms with Crippen LogP contribution in [-0.4, -0.2) is 56.4 Å². The summed E-state index contributed by atoms with van der Waals surface area (Å²) in [7, 11) is 1.82. The lowest BCUT2D eigenvalue weighted by molar-refractivity contribution is 0.174. The Morgan fingerprint density at radius 1 is 1.19 bits per heavy atom. The Morgan fingerprint density at radius 3 is 2.62 bits per heavy atom. The van der Waals surface area contributed by atoms with Crippen LogP contribution < -0.4 is 20.1 Å². The van der Waals surface area contributed by atoms with Crippen LogP contribution in [0.25, 0.3) is 0 Å². The Hall–Kier alpha value is -1.22. The molecule has 26 heavy (non-hydrogen) atoms. The molecule has 1 fully saturated rings. The maximum Gasteiger partial charge on any atom is 0.231 e. The van der Waals surface area contributed by atoms with E-state index < -0.39 is 0 Å². The molecule has 0 saturated heterocycles. The second-order valence-corrected chi connectivity index (χ2v) is 6.93. The summed E-state index contributed by atoms with van der Waals surface area (Å²) in [6, 6.07) is 7.51. The van der Waals surface area contributed by atoms with Gasteiger partial charge in [0, 0.05) is 38.8 Å². The smallest absolute Gasteiger partial charge is 0.231 e. The molecule has 1 heterocycles. The zero-order chi connectivity index (χ0) is 17.6. The number of hydrogen-bond donors (Lipinski definition) is 2. The molecular weight excluding hydrogens is 443 g/mol. The first-order chi connectivity index (χ1) is 12.2. The third-order valence-electron chi connectivity index (χ3n) is 4.71. The van der Waals surface area contributed by atoms with Crippen LogP contribution in [0.2, 0.25) is 0 Å². The maximum atomic E-state index is 5.42. The first-order valence-corrected chi connectivity index (χ1v) is 9.26. The molecule has 2 aliphatic rings. The van der Waals surface area contributed by atoms with Crippen LogP contribution in [0.3, 0.4) is 0 Å². The van der Waals surface area contributed by atoms with Gasteiger partial charge in [-0.15, -0.1) is 24.0 Å². The van der Waals surface area contributed by atoms with E-state index in [1.165, 1.54) is 18.4 Å². The van der Waals surface area contributed by atoms with Gasteiger partial charge in [0.1, 0.15) is 0 Å². The van der Waals surface area contributed by atoms with E-state index in [0.717, 1.165) is 49.6 Å². The molecule has 1 aliphatic carbocycles. The van der Waals surface area contributed by atoms with Gasteiger partial charge >= 0.3 is 0 Å². The zero-order valence-corrected chi connectivity index (χ0v) is 18.3. The van der Waals surface area contributed by atoms with Crippen molar-refractivity contribution in [2.45, 2.75) is 45.2 Å². The van der Waals surface area contributed by atoms with Crippen LogP contribution >= 0.6 is 24.0 Å². The molecule has 1 saturated carbocycles. The quantitative estimate of drug-likeness (QED) is 0.345. The number of nitrogens with zero attached hydrogens (tertiary/aromatic N) is 2. The number of ether oxygens (including phenoxy) is 2. The largest absolute Gasteiger partial charge is 0.454 e. The van der Waals surface area contributed by atoms with Crippen molar-refractivity contribution in [2.75, 3.05) is 33.5 Å². The fraction of sp³-hybridized carbons (Fsp3) is 0.632. The van der Waals surface area contributed by atoms with Crippen molar-refractivity contribution in [3.63, 3.8) is 0 Å². The van der Waals surface area contributed by atoms with E-state index in [1.807, 2.05) is 13.1 Å². The van der Waals surface area contributed by atoms with Gasteiger partial charge in [0.2, 0.25) is 6.79 Å². The molecule has 0 aromatic heterocycles. The first-order valence-electron chi connectivity index (χ1n) is 9.26. The molecule has 7 heteroatoms. The predicted octanol–water partition coefficient (Wildman–Crippen LogP) is 2.61. The number of rotatable bonds is 8. The lowest BCUT2D eigenvalue weighted by Gasteiger charge is -2.26. The summed E-state index contributed by atoms with van der Waals surface area (Å²) in [4.78, 5) is 6.89. The van der Waals surface area contributed by atoms with Crippen molar-refractivity contribution in [2.24, 2.45) is 4.99 Å². The second-order valence-electron chi connectivity index (χ2n) is 6.93. The average molecular weight is 474 g/mol. The van der Waals surface area contributed by atoms with E-state index in [0.29, 0.717) is 12.8 Å². The highest BCUT2D eigenvalue weighted by atomic mass is 127. The van der Waals surface area contributed by atoms with Crippen LogP contribution in [-0.2, 0) is 6.42 Å². The van der Waals surface area contributed by atoms with Gasteiger partial charge < -0.3 is 20.1 Å². The highest BCUT2D eigenvalue weighted by Crippen LogP contribution is 2.32. The van der Waals surface area contributed by atoms with Gasteiger partial charge in [-0.3, -0.25) is 9.89 Å². The lowest BCUT2D eigenvalue weighted by atomic mass is 10.1. The molecule has 1 aromatic rings. The standard InChI is InChI=1S/C19H30N4O2.HI/c1-14(2)23(16-5-6-16)11-10-22-19(20-3)21-9-8-15-4-7-17-18(12-15)25-13-24-17;/h4,7,12,14,16H,5-6,8-11,13H2,1-3H3,(H2,20,21,22);1H. The number of guanidine groups is 1. The SMILES string of the molecule is CN=C(NCCc1ccc2c(c1)OCO2)NCCN(C(C)C)C1CC1.I. The zero-order valence-electron chi connectivity index (χ0n) is 16.0. The van der Waals surface area contributed by atoms with E-state index in [9.17, 15) is 0 Å². The molecule has 1 aliphatic heterocycles. The van der Waals surface area contributed by atoms with E-state index in [2.05, 4.69) is 46.5 Å². The van der Waals surface area contributed by atoms with Crippen molar-refractivity contribution in [3.8, 4) is 11.5 Å². The van der Waals surface area contributed by atoms with Crippen LogP contribution in [0.4, 0.5) is 0 Å². The minimum atomic E-state index is 0. The highest BCUT2D eigenvalue weighted by molar-refractivity contribution is 14.0. The molecule has 1 aromatic carbocycles. The van der Waals surface area contributed by atoms with E-state index in [-0.39, 0.29) is 24.0 Å². The number of hydrogen-bond acceptors (Lipinski definition) is 4. The van der Waals surface area contributed by atoms with E-state index in [1.54, 1.807) is 0 Å². The van der Waals surface area contributed by atoms with Gasteiger partial charge in [-0.05, 0) is 50.8 Å². The maximum absolute atomic E-state index is 5.42. The minimum absolute atomic E-state index is 0. The Balaban J connectivity index is 0.00000243. The lowest BCUT2D eigenvalue weighted by Crippen LogP contribution is -2.44. The monoisotopic (exact) mass is 474 g/mol. The number of fused-ring (bicyclic) bond motifs is 1. The van der Waals surface area contributed by atoms with Crippen molar-refractivity contribution < 1.29 is 9.47 Å². The average Bonchev–Trinajstić information content (AvgIpc) is 3.33. The van der Waals surface area contributed by atoms with Crippen molar-refractivity contribution >= 4 is 29.9 Å². The topological polar surface area (TPSA) is 58.1 Å². The third-order valence-corrected chi connectivity index (χ3v) is 4.71. The van der Waals surface area contributed by atoms with E-state index in [4.69, 9.17) is 9.47 Å². The fourth-order valence-corrected chi connectivity index (χ4v) is 3.21. The number of aliphatic imine (C=N–C) groups is 1. The fourth-order valence-electron chi connectivity index (χ4n) is 3.21. The van der Waals surface area contributed by atoms with E-state index >= 15 is 0 Å². The van der Waals surface area contributed by atoms with Gasteiger partial charge in [0.05, 0.1) is 0 Å². The minimum Gasteiger partial charge on any atom is -0.454 e. The van der Waals surface area contributed by atoms with Crippen LogP contribution in [0.1, 0.15) is 32.3 Å². The molecule has 0 amide bonds. The van der Waals surface area contributed by atoms with Crippen molar-refractivity contribution in [1.82, 2.24) is 15.5 Å². The molecular formula is C19H31IN4O2.